The van der Waals surface area contributed by atoms with E-state index in [1.807, 2.05) is 72.9 Å². The molecule has 0 saturated carbocycles. The molecule has 0 amide bonds. The van der Waals surface area contributed by atoms with E-state index in [2.05, 4.69) is 35.3 Å². The molecule has 0 aliphatic carbocycles. The van der Waals surface area contributed by atoms with Crippen molar-refractivity contribution in [3.8, 4) is 22.6 Å². The van der Waals surface area contributed by atoms with Crippen LogP contribution in [0.3, 0.4) is 0 Å². The van der Waals surface area contributed by atoms with Crippen molar-refractivity contribution < 1.29 is 4.42 Å². The molecule has 3 aromatic heterocycles. The summed E-state index contributed by atoms with van der Waals surface area (Å²) in [6.07, 6.45) is 1.81. The fourth-order valence-corrected chi connectivity index (χ4v) is 4.66. The van der Waals surface area contributed by atoms with E-state index in [4.69, 9.17) is 14.4 Å². The highest BCUT2D eigenvalue weighted by Crippen LogP contribution is 2.39. The van der Waals surface area contributed by atoms with Gasteiger partial charge in [0.2, 0.25) is 0 Å². The van der Waals surface area contributed by atoms with Gasteiger partial charge >= 0.3 is 0 Å². The minimum absolute atomic E-state index is 0.665. The van der Waals surface area contributed by atoms with Crippen LogP contribution in [0.2, 0.25) is 0 Å². The van der Waals surface area contributed by atoms with E-state index in [1.165, 1.54) is 0 Å². The van der Waals surface area contributed by atoms with Crippen LogP contribution in [0, 0.1) is 0 Å². The maximum Gasteiger partial charge on any atom is 0.162 e. The number of rotatable bonds is 2. The molecular weight excluding hydrogens is 406 g/mol. The van der Waals surface area contributed by atoms with Crippen molar-refractivity contribution in [2.75, 3.05) is 0 Å². The highest BCUT2D eigenvalue weighted by atomic mass is 16.3. The van der Waals surface area contributed by atoms with Crippen LogP contribution in [0.1, 0.15) is 0 Å². The molecule has 0 atom stereocenters. The quantitative estimate of drug-likeness (QED) is 0.290. The van der Waals surface area contributed by atoms with Gasteiger partial charge in [-0.3, -0.25) is 4.98 Å². The minimum atomic E-state index is 0.665. The highest BCUT2D eigenvalue weighted by Gasteiger charge is 2.18. The van der Waals surface area contributed by atoms with Crippen LogP contribution in [-0.4, -0.2) is 15.0 Å². The Morgan fingerprint density at radius 3 is 2.30 bits per heavy atom. The summed E-state index contributed by atoms with van der Waals surface area (Å²) < 4.78 is 6.15. The first-order valence-corrected chi connectivity index (χ1v) is 10.9. The lowest BCUT2D eigenvalue weighted by Crippen LogP contribution is -1.96. The summed E-state index contributed by atoms with van der Waals surface area (Å²) in [5.74, 6) is 0.665. The molecule has 0 fully saturated rings. The van der Waals surface area contributed by atoms with Crippen LogP contribution in [0.5, 0.6) is 0 Å². The van der Waals surface area contributed by atoms with Gasteiger partial charge in [0.15, 0.2) is 5.82 Å². The molecule has 0 aliphatic rings. The van der Waals surface area contributed by atoms with Gasteiger partial charge < -0.3 is 4.42 Å². The van der Waals surface area contributed by atoms with Crippen LogP contribution < -0.4 is 0 Å². The zero-order valence-corrected chi connectivity index (χ0v) is 17.6. The lowest BCUT2D eigenvalue weighted by atomic mass is 10.00. The van der Waals surface area contributed by atoms with E-state index >= 15 is 0 Å². The fourth-order valence-electron chi connectivity index (χ4n) is 4.66. The molecule has 0 spiro atoms. The predicted molar refractivity (Wildman–Crippen MR) is 133 cm³/mol. The third kappa shape index (κ3) is 2.74. The Bertz CT molecular complexity index is 1830. The number of para-hydroxylation sites is 3. The Labute approximate surface area is 189 Å². The highest BCUT2D eigenvalue weighted by molar-refractivity contribution is 6.14. The second-order valence-corrected chi connectivity index (χ2v) is 8.07. The van der Waals surface area contributed by atoms with Crippen molar-refractivity contribution >= 4 is 43.7 Å². The molecule has 0 aliphatic heterocycles. The van der Waals surface area contributed by atoms with Crippen LogP contribution in [0.25, 0.3) is 66.4 Å². The lowest BCUT2D eigenvalue weighted by Gasteiger charge is -2.11. The van der Waals surface area contributed by atoms with Gasteiger partial charge in [-0.05, 0) is 30.3 Å². The number of fused-ring (bicyclic) bond motifs is 5. The molecule has 4 nitrogen and oxygen atoms in total. The third-order valence-corrected chi connectivity index (χ3v) is 6.13. The number of hydrogen-bond donors (Lipinski definition) is 0. The molecule has 0 saturated heterocycles. The molecule has 0 bridgehead atoms. The Morgan fingerprint density at radius 1 is 0.576 bits per heavy atom. The van der Waals surface area contributed by atoms with Crippen LogP contribution in [0.15, 0.2) is 108 Å². The standard InChI is InChI=1S/C29H17N3O/c1-3-14-23-19(10-1)28(21-12-6-16-25-26(21)20-11-2-4-15-24(20)33-25)32-29(31-23)22-13-5-8-18-9-7-17-30-27(18)22/h1-17H. The monoisotopic (exact) mass is 423 g/mol. The van der Waals surface area contributed by atoms with E-state index < -0.39 is 0 Å². The van der Waals surface area contributed by atoms with Gasteiger partial charge in [-0.15, -0.1) is 0 Å². The summed E-state index contributed by atoms with van der Waals surface area (Å²) in [6, 6.07) is 32.6. The Balaban J connectivity index is 1.60. The van der Waals surface area contributed by atoms with Crippen molar-refractivity contribution in [3.05, 3.63) is 103 Å². The average molecular weight is 423 g/mol. The first kappa shape index (κ1) is 18.0. The SMILES string of the molecule is c1cnc2c(-c3nc(-c4cccc5oc6ccccc6c45)c4ccccc4n3)cccc2c1. The molecule has 154 valence electrons. The molecule has 0 unspecified atom stereocenters. The Hall–Kier alpha value is -4.57. The molecule has 4 heteroatoms. The van der Waals surface area contributed by atoms with Crippen LogP contribution in [-0.2, 0) is 0 Å². The summed E-state index contributed by atoms with van der Waals surface area (Å²) in [4.78, 5) is 14.7. The fraction of sp³-hybridized carbons (Fsp3) is 0. The van der Waals surface area contributed by atoms with Gasteiger partial charge in [-0.25, -0.2) is 9.97 Å². The van der Waals surface area contributed by atoms with Gasteiger partial charge in [0.1, 0.15) is 11.2 Å². The number of nitrogens with zero attached hydrogens (tertiary/aromatic N) is 3. The Kier molecular flexibility index (Phi) is 3.81. The first-order valence-electron chi connectivity index (χ1n) is 10.9. The van der Waals surface area contributed by atoms with Crippen LogP contribution in [0.4, 0.5) is 0 Å². The van der Waals surface area contributed by atoms with Gasteiger partial charge in [0.25, 0.3) is 0 Å². The molecule has 4 aromatic carbocycles. The van der Waals surface area contributed by atoms with Gasteiger partial charge in [0.05, 0.1) is 16.7 Å². The summed E-state index contributed by atoms with van der Waals surface area (Å²) in [6.45, 7) is 0. The number of pyridine rings is 1. The zero-order chi connectivity index (χ0) is 21.8. The summed E-state index contributed by atoms with van der Waals surface area (Å²) in [5.41, 5.74) is 6.36. The van der Waals surface area contributed by atoms with Crippen LogP contribution >= 0.6 is 0 Å². The van der Waals surface area contributed by atoms with E-state index in [9.17, 15) is 0 Å². The lowest BCUT2D eigenvalue weighted by molar-refractivity contribution is 0.669. The van der Waals surface area contributed by atoms with Gasteiger partial charge in [-0.2, -0.15) is 0 Å². The topological polar surface area (TPSA) is 51.8 Å². The number of furan rings is 1. The molecule has 3 heterocycles. The van der Waals surface area contributed by atoms with Crippen molar-refractivity contribution in [1.82, 2.24) is 15.0 Å². The van der Waals surface area contributed by atoms with E-state index in [0.717, 1.165) is 60.6 Å². The Morgan fingerprint density at radius 2 is 1.33 bits per heavy atom. The number of aromatic nitrogens is 3. The van der Waals surface area contributed by atoms with E-state index in [1.54, 1.807) is 0 Å². The molecule has 7 aromatic rings. The summed E-state index contributed by atoms with van der Waals surface area (Å²) in [5, 5.41) is 4.22. The largest absolute Gasteiger partial charge is 0.456 e. The maximum atomic E-state index is 6.15. The van der Waals surface area contributed by atoms with Crippen molar-refractivity contribution in [2.24, 2.45) is 0 Å². The van der Waals surface area contributed by atoms with Crippen molar-refractivity contribution in [3.63, 3.8) is 0 Å². The molecule has 0 radical (unpaired) electrons. The average Bonchev–Trinajstić information content (AvgIpc) is 3.27. The molecule has 33 heavy (non-hydrogen) atoms. The molecular formula is C29H17N3O. The second-order valence-electron chi connectivity index (χ2n) is 8.07. The zero-order valence-electron chi connectivity index (χ0n) is 17.6. The smallest absolute Gasteiger partial charge is 0.162 e. The summed E-state index contributed by atoms with van der Waals surface area (Å²) >= 11 is 0. The summed E-state index contributed by atoms with van der Waals surface area (Å²) in [7, 11) is 0. The number of benzene rings is 4. The minimum Gasteiger partial charge on any atom is -0.456 e. The van der Waals surface area contributed by atoms with E-state index in [0.29, 0.717) is 5.82 Å². The third-order valence-electron chi connectivity index (χ3n) is 6.13. The maximum absolute atomic E-state index is 6.15. The second kappa shape index (κ2) is 6.97. The van der Waals surface area contributed by atoms with Gasteiger partial charge in [-0.1, -0.05) is 66.7 Å². The van der Waals surface area contributed by atoms with Crippen molar-refractivity contribution in [1.29, 1.82) is 0 Å². The van der Waals surface area contributed by atoms with Gasteiger partial charge in [0, 0.05) is 38.9 Å². The first-order chi connectivity index (χ1) is 16.4. The predicted octanol–water partition coefficient (Wildman–Crippen LogP) is 7.41. The molecule has 0 N–H and O–H groups in total. The van der Waals surface area contributed by atoms with Crippen molar-refractivity contribution in [2.45, 2.75) is 0 Å². The molecule has 7 rings (SSSR count). The number of hydrogen-bond acceptors (Lipinski definition) is 4. The normalized spacial score (nSPS) is 11.6. The van der Waals surface area contributed by atoms with E-state index in [-0.39, 0.29) is 0 Å².